The summed E-state index contributed by atoms with van der Waals surface area (Å²) in [5.74, 6) is -1.22. The number of ether oxygens (including phenoxy) is 1. The van der Waals surface area contributed by atoms with Gasteiger partial charge in [0.05, 0.1) is 18.6 Å². The lowest BCUT2D eigenvalue weighted by molar-refractivity contribution is -0.127. The van der Waals surface area contributed by atoms with Crippen LogP contribution in [0, 0.1) is 17.7 Å². The average Bonchev–Trinajstić information content (AvgIpc) is 3.00. The number of fused-ring (bicyclic) bond motifs is 4. The molecule has 0 unspecified atom stereocenters. The molecule has 0 saturated carbocycles. The van der Waals surface area contributed by atoms with Crippen molar-refractivity contribution in [1.29, 1.82) is 0 Å². The molecule has 7 nitrogen and oxygen atoms in total. The van der Waals surface area contributed by atoms with Gasteiger partial charge in [-0.15, -0.1) is 0 Å². The first kappa shape index (κ1) is 22.6. The van der Waals surface area contributed by atoms with E-state index < -0.39 is 5.92 Å². The number of hydrogen-bond acceptors (Lipinski definition) is 5. The Kier molecular flexibility index (Phi) is 6.74. The minimum atomic E-state index is -0.460. The van der Waals surface area contributed by atoms with Crippen LogP contribution < -0.4 is 10.9 Å². The van der Waals surface area contributed by atoms with Crippen molar-refractivity contribution in [2.24, 2.45) is 11.8 Å². The van der Waals surface area contributed by atoms with Crippen molar-refractivity contribution in [1.82, 2.24) is 14.8 Å². The second kappa shape index (κ2) is 9.52. The zero-order valence-electron chi connectivity index (χ0n) is 18.5. The van der Waals surface area contributed by atoms with Crippen LogP contribution in [0.1, 0.15) is 25.1 Å². The number of aliphatic hydroxyl groups is 1. The van der Waals surface area contributed by atoms with Crippen LogP contribution in [0.25, 0.3) is 11.1 Å². The maximum atomic E-state index is 13.4. The fourth-order valence-electron chi connectivity index (χ4n) is 5.33. The minimum Gasteiger partial charge on any atom is -0.396 e. The van der Waals surface area contributed by atoms with Crippen LogP contribution in [0.15, 0.2) is 41.2 Å². The predicted octanol–water partition coefficient (Wildman–Crippen LogP) is 1.79. The predicted molar refractivity (Wildman–Crippen MR) is 119 cm³/mol. The van der Waals surface area contributed by atoms with Gasteiger partial charge in [-0.25, -0.2) is 4.39 Å². The fourth-order valence-corrected chi connectivity index (χ4v) is 5.33. The van der Waals surface area contributed by atoms with Gasteiger partial charge in [0.15, 0.2) is 0 Å². The molecule has 2 bridgehead atoms. The molecule has 8 heteroatoms. The molecule has 0 aliphatic carbocycles. The molecule has 0 radical (unpaired) electrons. The van der Waals surface area contributed by atoms with Crippen molar-refractivity contribution in [3.8, 4) is 11.1 Å². The lowest BCUT2D eigenvalue weighted by Crippen LogP contribution is -2.47. The second-order valence-electron chi connectivity index (χ2n) is 8.50. The Bertz CT molecular complexity index is 1020. The Morgan fingerprint density at radius 3 is 2.66 bits per heavy atom. The molecule has 172 valence electrons. The van der Waals surface area contributed by atoms with Crippen LogP contribution in [0.5, 0.6) is 0 Å². The molecule has 1 aromatic carbocycles. The molecule has 1 fully saturated rings. The van der Waals surface area contributed by atoms with Crippen molar-refractivity contribution in [3.63, 3.8) is 0 Å². The number of nitrogens with one attached hydrogen (secondary N) is 1. The maximum absolute atomic E-state index is 13.4. The summed E-state index contributed by atoms with van der Waals surface area (Å²) in [4.78, 5) is 28.9. The second-order valence-corrected chi connectivity index (χ2v) is 8.50. The van der Waals surface area contributed by atoms with Crippen molar-refractivity contribution in [2.75, 3.05) is 33.4 Å². The normalized spacial score (nSPS) is 24.4. The summed E-state index contributed by atoms with van der Waals surface area (Å²) in [5.41, 5.74) is 1.78. The van der Waals surface area contributed by atoms with E-state index >= 15 is 0 Å². The van der Waals surface area contributed by atoms with E-state index in [-0.39, 0.29) is 41.9 Å². The number of carbonyl (C=O) groups excluding carboxylic acids is 1. The highest BCUT2D eigenvalue weighted by molar-refractivity contribution is 5.80. The van der Waals surface area contributed by atoms with Crippen LogP contribution in [-0.2, 0) is 16.1 Å². The van der Waals surface area contributed by atoms with Gasteiger partial charge in [0.1, 0.15) is 5.82 Å². The molecular formula is C24H30FN3O4. The number of carbonyl (C=O) groups is 1. The number of hydrogen-bond donors (Lipinski definition) is 2. The molecule has 3 heterocycles. The molecule has 1 aromatic heterocycles. The fraction of sp³-hybridized carbons (Fsp3) is 0.500. The first-order chi connectivity index (χ1) is 15.5. The smallest absolute Gasteiger partial charge is 0.258 e. The lowest BCUT2D eigenvalue weighted by Gasteiger charge is -2.38. The Morgan fingerprint density at radius 2 is 2.00 bits per heavy atom. The summed E-state index contributed by atoms with van der Waals surface area (Å²) < 4.78 is 20.1. The van der Waals surface area contributed by atoms with Gasteiger partial charge in [0.25, 0.3) is 5.56 Å². The molecule has 4 atom stereocenters. The van der Waals surface area contributed by atoms with Gasteiger partial charge in [-0.2, -0.15) is 0 Å². The van der Waals surface area contributed by atoms with E-state index in [1.54, 1.807) is 29.9 Å². The summed E-state index contributed by atoms with van der Waals surface area (Å²) in [5, 5.41) is 13.2. The Morgan fingerprint density at radius 1 is 1.25 bits per heavy atom. The van der Waals surface area contributed by atoms with Crippen LogP contribution in [0.3, 0.4) is 0 Å². The zero-order valence-corrected chi connectivity index (χ0v) is 18.5. The number of aromatic nitrogens is 1. The standard InChI is InChI=1S/C24H30FN3O4/c1-3-11-27-20-13-28-19(9-8-17(24(28)31)15-4-6-16(25)7-5-15)22(27)21(18(20)14-29)23(30)26-10-12-32-2/h4-9,18,20-22,29H,3,10-14H2,1-2H3,(H,26,30)/t18-,20-,21+,22+/m0/s1. The van der Waals surface area contributed by atoms with E-state index in [4.69, 9.17) is 4.74 Å². The molecule has 2 N–H and O–H groups in total. The van der Waals surface area contributed by atoms with Gasteiger partial charge in [-0.1, -0.05) is 19.1 Å². The first-order valence-corrected chi connectivity index (χ1v) is 11.1. The number of halogens is 1. The van der Waals surface area contributed by atoms with Crippen LogP contribution in [0.4, 0.5) is 4.39 Å². The Balaban J connectivity index is 1.76. The van der Waals surface area contributed by atoms with Crippen LogP contribution in [0.2, 0.25) is 0 Å². The number of nitrogens with zero attached hydrogens (tertiary/aromatic N) is 2. The summed E-state index contributed by atoms with van der Waals surface area (Å²) in [6.07, 6.45) is 0.904. The van der Waals surface area contributed by atoms with Gasteiger partial charge in [-0.3, -0.25) is 14.5 Å². The lowest BCUT2D eigenvalue weighted by atomic mass is 9.86. The first-order valence-electron chi connectivity index (χ1n) is 11.1. The van der Waals surface area contributed by atoms with Gasteiger partial charge in [-0.05, 0) is 42.8 Å². The highest BCUT2D eigenvalue weighted by Gasteiger charge is 2.55. The van der Waals surface area contributed by atoms with Gasteiger partial charge >= 0.3 is 0 Å². The van der Waals surface area contributed by atoms with E-state index in [0.717, 1.165) is 18.7 Å². The van der Waals surface area contributed by atoms with Crippen molar-refractivity contribution >= 4 is 5.91 Å². The summed E-state index contributed by atoms with van der Waals surface area (Å²) >= 11 is 0. The quantitative estimate of drug-likeness (QED) is 0.608. The molecule has 32 heavy (non-hydrogen) atoms. The number of methoxy groups -OCH3 is 1. The number of benzene rings is 1. The maximum Gasteiger partial charge on any atom is 0.258 e. The third-order valence-corrected chi connectivity index (χ3v) is 6.72. The molecule has 2 aromatic rings. The van der Waals surface area contributed by atoms with Crippen LogP contribution in [-0.4, -0.2) is 59.9 Å². The van der Waals surface area contributed by atoms with E-state index in [0.29, 0.717) is 30.8 Å². The van der Waals surface area contributed by atoms with Crippen molar-refractivity contribution in [2.45, 2.75) is 32.0 Å². The Hall–Kier alpha value is -2.55. The topological polar surface area (TPSA) is 83.8 Å². The molecule has 2 aliphatic heterocycles. The summed E-state index contributed by atoms with van der Waals surface area (Å²) in [6.45, 7) is 3.95. The van der Waals surface area contributed by atoms with Gasteiger partial charge in [0.2, 0.25) is 5.91 Å². The third kappa shape index (κ3) is 3.87. The molecular weight excluding hydrogens is 413 g/mol. The van der Waals surface area contributed by atoms with E-state index in [1.807, 2.05) is 6.07 Å². The number of aliphatic hydroxyl groups excluding tert-OH is 1. The van der Waals surface area contributed by atoms with Crippen molar-refractivity contribution < 1.29 is 19.0 Å². The number of rotatable bonds is 8. The number of amides is 1. The van der Waals surface area contributed by atoms with E-state index in [2.05, 4.69) is 17.1 Å². The third-order valence-electron chi connectivity index (χ3n) is 6.72. The molecule has 2 aliphatic rings. The minimum absolute atomic E-state index is 0.114. The largest absolute Gasteiger partial charge is 0.396 e. The van der Waals surface area contributed by atoms with Gasteiger partial charge in [0, 0.05) is 50.0 Å². The highest BCUT2D eigenvalue weighted by atomic mass is 19.1. The Labute approximate surface area is 186 Å². The highest BCUT2D eigenvalue weighted by Crippen LogP contribution is 2.48. The van der Waals surface area contributed by atoms with Crippen LogP contribution >= 0.6 is 0 Å². The van der Waals surface area contributed by atoms with Crippen molar-refractivity contribution in [3.05, 3.63) is 58.3 Å². The molecule has 0 spiro atoms. The van der Waals surface area contributed by atoms with E-state index in [1.165, 1.54) is 12.1 Å². The molecule has 4 rings (SSSR count). The summed E-state index contributed by atoms with van der Waals surface area (Å²) in [7, 11) is 1.58. The molecule has 1 saturated heterocycles. The zero-order chi connectivity index (χ0) is 22.8. The average molecular weight is 444 g/mol. The number of pyridine rings is 1. The molecule has 1 amide bonds. The van der Waals surface area contributed by atoms with E-state index in [9.17, 15) is 19.1 Å². The van der Waals surface area contributed by atoms with Gasteiger partial charge < -0.3 is 19.7 Å². The SMILES string of the molecule is CCCN1[C@@H]2c3ccc(-c4ccc(F)cc4)c(=O)n3C[C@H]1[C@H](CO)[C@H]2C(=O)NCCOC. The summed E-state index contributed by atoms with van der Waals surface area (Å²) in [6, 6.07) is 9.14. The monoisotopic (exact) mass is 443 g/mol.